The van der Waals surface area contributed by atoms with E-state index >= 15 is 0 Å². The Morgan fingerprint density at radius 1 is 1.14 bits per heavy atom. The van der Waals surface area contributed by atoms with Gasteiger partial charge in [0, 0.05) is 5.69 Å². The van der Waals surface area contributed by atoms with Crippen LogP contribution in [-0.2, 0) is 14.4 Å². The van der Waals surface area contributed by atoms with Gasteiger partial charge in [-0.3, -0.25) is 14.5 Å². The van der Waals surface area contributed by atoms with E-state index in [2.05, 4.69) is 0 Å². The van der Waals surface area contributed by atoms with Crippen molar-refractivity contribution in [2.75, 3.05) is 18.6 Å². The minimum Gasteiger partial charge on any atom is -0.546 e. The molecule has 0 unspecified atom stereocenters. The number of hydrogen-bond acceptors (Lipinski definition) is 7. The molecule has 0 radical (unpaired) electrons. The number of rotatable bonds is 7. The van der Waals surface area contributed by atoms with Crippen molar-refractivity contribution >= 4 is 23.3 Å². The fourth-order valence-corrected chi connectivity index (χ4v) is 3.20. The van der Waals surface area contributed by atoms with Crippen LogP contribution in [0.5, 0.6) is 11.5 Å². The lowest BCUT2D eigenvalue weighted by Gasteiger charge is -2.27. The van der Waals surface area contributed by atoms with Gasteiger partial charge in [-0.05, 0) is 48.9 Å². The minimum absolute atomic E-state index is 0.0134. The molecule has 8 heteroatoms. The fraction of sp³-hybridized carbons (Fsp3) is 0.190. The molecule has 1 heterocycles. The monoisotopic (exact) mass is 396 g/mol. The van der Waals surface area contributed by atoms with Crippen molar-refractivity contribution in [3.8, 4) is 11.5 Å². The number of carboxylic acid groups (broad SMARTS) is 1. The van der Waals surface area contributed by atoms with Gasteiger partial charge in [0.1, 0.15) is 18.1 Å². The number of anilines is 1. The largest absolute Gasteiger partial charge is 0.546 e. The summed E-state index contributed by atoms with van der Waals surface area (Å²) >= 11 is 0. The maximum atomic E-state index is 12.8. The van der Waals surface area contributed by atoms with Gasteiger partial charge in [0.05, 0.1) is 24.7 Å². The quantitative estimate of drug-likeness (QED) is 0.750. The number of methoxy groups -OCH3 is 1. The number of aliphatic hydroxyl groups is 1. The molecule has 0 saturated carbocycles. The Balaban J connectivity index is 2.02. The van der Waals surface area contributed by atoms with Gasteiger partial charge in [-0.2, -0.15) is 0 Å². The third-order valence-corrected chi connectivity index (χ3v) is 4.47. The molecule has 29 heavy (non-hydrogen) atoms. The zero-order chi connectivity index (χ0) is 21.1. The van der Waals surface area contributed by atoms with E-state index in [1.165, 1.54) is 43.2 Å². The molecule has 0 spiro atoms. The Labute approximate surface area is 166 Å². The van der Waals surface area contributed by atoms with Crippen LogP contribution in [0.2, 0.25) is 0 Å². The van der Waals surface area contributed by atoms with E-state index in [0.29, 0.717) is 17.0 Å². The molecule has 8 nitrogen and oxygen atoms in total. The number of amides is 1. The van der Waals surface area contributed by atoms with Crippen LogP contribution in [0.15, 0.2) is 59.9 Å². The second kappa shape index (κ2) is 8.05. The highest BCUT2D eigenvalue weighted by molar-refractivity contribution is 6.16. The van der Waals surface area contributed by atoms with Crippen molar-refractivity contribution < 1.29 is 34.1 Å². The molecule has 1 aliphatic heterocycles. The molecule has 2 aromatic carbocycles. The van der Waals surface area contributed by atoms with Crippen molar-refractivity contribution in [3.63, 3.8) is 0 Å². The second-order valence-corrected chi connectivity index (χ2v) is 6.33. The number of ketones is 1. The maximum Gasteiger partial charge on any atom is 0.294 e. The summed E-state index contributed by atoms with van der Waals surface area (Å²) in [6.45, 7) is 0.678. The van der Waals surface area contributed by atoms with Crippen LogP contribution in [0.4, 0.5) is 5.69 Å². The topological polar surface area (TPSA) is 116 Å². The molecule has 1 N–H and O–H groups in total. The predicted octanol–water partition coefficient (Wildman–Crippen LogP) is 1.31. The lowest BCUT2D eigenvalue weighted by molar-refractivity contribution is -0.307. The highest BCUT2D eigenvalue weighted by Crippen LogP contribution is 2.41. The predicted molar refractivity (Wildman–Crippen MR) is 101 cm³/mol. The van der Waals surface area contributed by atoms with Crippen molar-refractivity contribution in [1.82, 2.24) is 0 Å². The molecule has 0 aliphatic carbocycles. The average molecular weight is 396 g/mol. The number of carbonyl (C=O) groups is 3. The molecule has 2 aromatic rings. The highest BCUT2D eigenvalue weighted by Gasteiger charge is 2.43. The molecular formula is C21H18NO7-. The molecule has 0 saturated heterocycles. The van der Waals surface area contributed by atoms with E-state index in [1.54, 1.807) is 24.3 Å². The Hall–Kier alpha value is -3.81. The number of Topliss-reactive ketones (excluding diaryl/α,β-unsaturated/α-hetero) is 1. The average Bonchev–Trinajstić information content (AvgIpc) is 2.98. The Bertz CT molecular complexity index is 994. The SMILES string of the molecule is COc1cccc([C@@H]2C(C(C)=O)=C(O)C(=O)N2c2ccc(OCC(=O)[O-])cc2)c1. The van der Waals surface area contributed by atoms with Gasteiger partial charge in [-0.25, -0.2) is 0 Å². The number of aliphatic carboxylic acids is 1. The van der Waals surface area contributed by atoms with Crippen LogP contribution in [0, 0.1) is 0 Å². The van der Waals surface area contributed by atoms with Crippen molar-refractivity contribution in [2.24, 2.45) is 0 Å². The number of benzene rings is 2. The van der Waals surface area contributed by atoms with E-state index in [4.69, 9.17) is 9.47 Å². The number of ether oxygens (including phenoxy) is 2. The summed E-state index contributed by atoms with van der Waals surface area (Å²) in [5.74, 6) is -2.31. The van der Waals surface area contributed by atoms with Crippen LogP contribution < -0.4 is 19.5 Å². The number of hydrogen-bond donors (Lipinski definition) is 1. The number of carboxylic acids is 1. The number of aliphatic hydroxyl groups excluding tert-OH is 1. The van der Waals surface area contributed by atoms with Gasteiger partial charge in [-0.15, -0.1) is 0 Å². The third kappa shape index (κ3) is 3.91. The zero-order valence-corrected chi connectivity index (χ0v) is 15.7. The van der Waals surface area contributed by atoms with Crippen molar-refractivity contribution in [1.29, 1.82) is 0 Å². The first-order valence-corrected chi connectivity index (χ1v) is 8.67. The van der Waals surface area contributed by atoms with Crippen LogP contribution in [0.3, 0.4) is 0 Å². The Kier molecular flexibility index (Phi) is 5.54. The first kappa shape index (κ1) is 19.9. The normalized spacial score (nSPS) is 16.1. The van der Waals surface area contributed by atoms with Gasteiger partial charge in [0.2, 0.25) is 0 Å². The van der Waals surface area contributed by atoms with E-state index in [9.17, 15) is 24.6 Å². The summed E-state index contributed by atoms with van der Waals surface area (Å²) in [5, 5.41) is 20.9. The molecule has 150 valence electrons. The highest BCUT2D eigenvalue weighted by atomic mass is 16.5. The van der Waals surface area contributed by atoms with E-state index in [-0.39, 0.29) is 11.3 Å². The molecule has 0 aromatic heterocycles. The van der Waals surface area contributed by atoms with Gasteiger partial charge in [0.15, 0.2) is 11.5 Å². The number of carbonyl (C=O) groups excluding carboxylic acids is 3. The van der Waals surface area contributed by atoms with Gasteiger partial charge in [0.25, 0.3) is 5.91 Å². The van der Waals surface area contributed by atoms with Crippen LogP contribution in [-0.4, -0.2) is 36.5 Å². The number of nitrogens with zero attached hydrogens (tertiary/aromatic N) is 1. The molecule has 1 aliphatic rings. The summed E-state index contributed by atoms with van der Waals surface area (Å²) in [4.78, 5) is 36.8. The minimum atomic E-state index is -1.36. The lowest BCUT2D eigenvalue weighted by atomic mass is 9.96. The van der Waals surface area contributed by atoms with Gasteiger partial charge >= 0.3 is 0 Å². The third-order valence-electron chi connectivity index (χ3n) is 4.47. The Morgan fingerprint density at radius 3 is 2.41 bits per heavy atom. The first-order valence-electron chi connectivity index (χ1n) is 8.67. The van der Waals surface area contributed by atoms with Crippen LogP contribution in [0.25, 0.3) is 0 Å². The fourth-order valence-electron chi connectivity index (χ4n) is 3.20. The standard InChI is InChI=1S/C21H19NO7/c1-12(23)18-19(13-4-3-5-16(10-13)28-2)22(21(27)20(18)26)14-6-8-15(9-7-14)29-11-17(24)25/h3-10,19,26H,11H2,1-2H3,(H,24,25)/p-1/t19-/m1/s1. The molecular weight excluding hydrogens is 378 g/mol. The molecule has 1 amide bonds. The van der Waals surface area contributed by atoms with Crippen molar-refractivity contribution in [2.45, 2.75) is 13.0 Å². The molecule has 1 atom stereocenters. The van der Waals surface area contributed by atoms with E-state index in [1.807, 2.05) is 0 Å². The van der Waals surface area contributed by atoms with Gasteiger partial charge in [-0.1, -0.05) is 12.1 Å². The molecule has 3 rings (SSSR count). The van der Waals surface area contributed by atoms with E-state index in [0.717, 1.165) is 0 Å². The summed E-state index contributed by atoms with van der Waals surface area (Å²) < 4.78 is 10.3. The van der Waals surface area contributed by atoms with Crippen LogP contribution >= 0.6 is 0 Å². The summed E-state index contributed by atoms with van der Waals surface area (Å²) in [6, 6.07) is 12.1. The Morgan fingerprint density at radius 2 is 1.83 bits per heavy atom. The maximum absolute atomic E-state index is 12.8. The van der Waals surface area contributed by atoms with E-state index < -0.39 is 36.1 Å². The second-order valence-electron chi connectivity index (χ2n) is 6.33. The first-order chi connectivity index (χ1) is 13.8. The molecule has 0 bridgehead atoms. The summed E-state index contributed by atoms with van der Waals surface area (Å²) in [6.07, 6.45) is 0. The molecule has 0 fully saturated rings. The summed E-state index contributed by atoms with van der Waals surface area (Å²) in [5.41, 5.74) is 0.969. The van der Waals surface area contributed by atoms with Crippen LogP contribution in [0.1, 0.15) is 18.5 Å². The lowest BCUT2D eigenvalue weighted by Crippen LogP contribution is -2.31. The summed E-state index contributed by atoms with van der Waals surface area (Å²) in [7, 11) is 1.50. The van der Waals surface area contributed by atoms with Crippen molar-refractivity contribution in [3.05, 3.63) is 65.4 Å². The smallest absolute Gasteiger partial charge is 0.294 e. The van der Waals surface area contributed by atoms with Gasteiger partial charge < -0.3 is 24.5 Å². The zero-order valence-electron chi connectivity index (χ0n) is 15.7.